The number of anilines is 1. The van der Waals surface area contributed by atoms with Gasteiger partial charge in [0.15, 0.2) is 0 Å². The summed E-state index contributed by atoms with van der Waals surface area (Å²) >= 11 is 3.06. The van der Waals surface area contributed by atoms with Gasteiger partial charge in [-0.3, -0.25) is 10.2 Å². The fourth-order valence-corrected chi connectivity index (χ4v) is 4.90. The van der Waals surface area contributed by atoms with E-state index in [0.29, 0.717) is 0 Å². The van der Waals surface area contributed by atoms with Crippen molar-refractivity contribution >= 4 is 33.8 Å². The minimum absolute atomic E-state index is 0.0664. The van der Waals surface area contributed by atoms with Crippen LogP contribution in [-0.2, 0) is 9.47 Å². The van der Waals surface area contributed by atoms with Crippen molar-refractivity contribution in [1.82, 2.24) is 4.90 Å². The molecule has 0 radical (unpaired) electrons. The van der Waals surface area contributed by atoms with Crippen LogP contribution in [0.1, 0.15) is 52.9 Å². The molecule has 1 aromatic rings. The first-order chi connectivity index (χ1) is 13.2. The molecule has 8 heteroatoms. The molecule has 2 amide bonds. The van der Waals surface area contributed by atoms with Crippen molar-refractivity contribution in [2.75, 3.05) is 12.1 Å². The molecule has 2 fully saturated rings. The quantitative estimate of drug-likeness (QED) is 0.595. The largest absolute Gasteiger partial charge is 0.414 e. The van der Waals surface area contributed by atoms with E-state index in [4.69, 9.17) is 9.47 Å². The number of carbonyl (C=O) groups excluding carboxylic acids is 2. The molecule has 3 rings (SSSR count). The van der Waals surface area contributed by atoms with Crippen LogP contribution < -0.4 is 5.32 Å². The Morgan fingerprint density at radius 1 is 1.29 bits per heavy atom. The number of ether oxygens (including phenoxy) is 2. The molecule has 0 spiro atoms. The molecule has 2 aliphatic rings. The summed E-state index contributed by atoms with van der Waals surface area (Å²) in [7, 11) is 0. The Kier molecular flexibility index (Phi) is 5.89. The monoisotopic (exact) mass is 456 g/mol. The average Bonchev–Trinajstić information content (AvgIpc) is 2.85. The number of benzene rings is 1. The van der Waals surface area contributed by atoms with Gasteiger partial charge >= 0.3 is 12.2 Å². The van der Waals surface area contributed by atoms with Crippen LogP contribution in [0.4, 0.5) is 19.7 Å². The highest BCUT2D eigenvalue weighted by Gasteiger charge is 2.57. The molecule has 0 aliphatic carbocycles. The van der Waals surface area contributed by atoms with E-state index in [9.17, 15) is 14.0 Å². The number of amides is 2. The SMILES string of the molecule is CC(C)(C)C12CCCC(CC1)N2C(=O)OCOC(=O)Nc1cccc(F)c1Br. The molecule has 0 aromatic heterocycles. The predicted octanol–water partition coefficient (Wildman–Crippen LogP) is 5.66. The highest BCUT2D eigenvalue weighted by atomic mass is 79.9. The minimum Gasteiger partial charge on any atom is -0.411 e. The average molecular weight is 457 g/mol. The van der Waals surface area contributed by atoms with Crippen molar-refractivity contribution in [3.63, 3.8) is 0 Å². The number of nitrogens with zero attached hydrogens (tertiary/aromatic N) is 1. The summed E-state index contributed by atoms with van der Waals surface area (Å²) in [6.07, 6.45) is 3.70. The van der Waals surface area contributed by atoms with E-state index in [0.717, 1.165) is 32.1 Å². The molecule has 6 nitrogen and oxygen atoms in total. The summed E-state index contributed by atoms with van der Waals surface area (Å²) in [5.74, 6) is -0.503. The lowest BCUT2D eigenvalue weighted by Crippen LogP contribution is -2.60. The molecule has 1 aromatic carbocycles. The molecular weight excluding hydrogens is 431 g/mol. The second kappa shape index (κ2) is 7.89. The zero-order valence-corrected chi connectivity index (χ0v) is 18.0. The topological polar surface area (TPSA) is 67.9 Å². The summed E-state index contributed by atoms with van der Waals surface area (Å²) in [5, 5.41) is 2.41. The van der Waals surface area contributed by atoms with Gasteiger partial charge < -0.3 is 9.47 Å². The molecule has 2 atom stereocenters. The number of hydrogen-bond acceptors (Lipinski definition) is 4. The number of halogens is 2. The highest BCUT2D eigenvalue weighted by molar-refractivity contribution is 9.10. The minimum atomic E-state index is -0.828. The number of nitrogens with one attached hydrogen (secondary N) is 1. The molecule has 1 N–H and O–H groups in total. The molecule has 0 saturated carbocycles. The lowest BCUT2D eigenvalue weighted by atomic mass is 9.68. The molecule has 2 heterocycles. The molecule has 154 valence electrons. The highest BCUT2D eigenvalue weighted by Crippen LogP contribution is 2.53. The smallest absolute Gasteiger partial charge is 0.411 e. The van der Waals surface area contributed by atoms with E-state index in [1.165, 1.54) is 18.2 Å². The summed E-state index contributed by atoms with van der Waals surface area (Å²) in [6, 6.07) is 4.44. The zero-order valence-electron chi connectivity index (χ0n) is 16.4. The molecule has 2 bridgehead atoms. The molecule has 2 unspecified atom stereocenters. The van der Waals surface area contributed by atoms with Gasteiger partial charge in [0.05, 0.1) is 15.7 Å². The fraction of sp³-hybridized carbons (Fsp3) is 0.600. The van der Waals surface area contributed by atoms with Crippen LogP contribution in [0.2, 0.25) is 0 Å². The standard InChI is InChI=1S/C20H26BrFN2O4/c1-19(2,3)20-10-5-6-13(9-11-20)24(20)18(26)28-12-27-17(25)23-15-8-4-7-14(22)16(15)21/h4,7-8,13H,5-6,9-12H2,1-3H3,(H,23,25). The van der Waals surface area contributed by atoms with Crippen LogP contribution in [0.5, 0.6) is 0 Å². The van der Waals surface area contributed by atoms with E-state index in [1.54, 1.807) is 0 Å². The maximum Gasteiger partial charge on any atom is 0.414 e. The van der Waals surface area contributed by atoms with Gasteiger partial charge in [-0.25, -0.2) is 14.0 Å². The van der Waals surface area contributed by atoms with Gasteiger partial charge in [0.1, 0.15) is 5.82 Å². The summed E-state index contributed by atoms with van der Waals surface area (Å²) < 4.78 is 23.8. The van der Waals surface area contributed by atoms with Crippen molar-refractivity contribution in [2.24, 2.45) is 5.41 Å². The Balaban J connectivity index is 1.57. The Hall–Kier alpha value is -1.83. The third kappa shape index (κ3) is 3.83. The van der Waals surface area contributed by atoms with Crippen molar-refractivity contribution in [3.8, 4) is 0 Å². The number of hydrogen-bond donors (Lipinski definition) is 1. The van der Waals surface area contributed by atoms with Gasteiger partial charge in [0.25, 0.3) is 0 Å². The number of fused-ring (bicyclic) bond motifs is 2. The Morgan fingerprint density at radius 3 is 2.75 bits per heavy atom. The zero-order chi connectivity index (χ0) is 20.5. The summed E-state index contributed by atoms with van der Waals surface area (Å²) in [4.78, 5) is 26.6. The van der Waals surface area contributed by atoms with Gasteiger partial charge in [0.2, 0.25) is 6.79 Å². The molecule has 2 saturated heterocycles. The summed E-state index contributed by atoms with van der Waals surface area (Å²) in [6.45, 7) is 5.96. The van der Waals surface area contributed by atoms with E-state index < -0.39 is 24.8 Å². The number of piperidine rings is 1. The van der Waals surface area contributed by atoms with E-state index >= 15 is 0 Å². The fourth-order valence-electron chi connectivity index (χ4n) is 4.54. The predicted molar refractivity (Wildman–Crippen MR) is 106 cm³/mol. The third-order valence-corrected chi connectivity index (χ3v) is 6.80. The van der Waals surface area contributed by atoms with Crippen LogP contribution in [0.25, 0.3) is 0 Å². The first-order valence-electron chi connectivity index (χ1n) is 9.49. The van der Waals surface area contributed by atoms with Gasteiger partial charge in [0, 0.05) is 6.04 Å². The second-order valence-electron chi connectivity index (χ2n) is 8.42. The van der Waals surface area contributed by atoms with Gasteiger partial charge in [-0.2, -0.15) is 0 Å². The van der Waals surface area contributed by atoms with E-state index in [2.05, 4.69) is 42.0 Å². The van der Waals surface area contributed by atoms with E-state index in [-0.39, 0.29) is 27.2 Å². The number of rotatable bonds is 3. The van der Waals surface area contributed by atoms with Crippen LogP contribution in [0, 0.1) is 11.2 Å². The van der Waals surface area contributed by atoms with Crippen molar-refractivity contribution in [2.45, 2.75) is 64.5 Å². The first-order valence-corrected chi connectivity index (χ1v) is 10.3. The molecular formula is C20H26BrFN2O4. The molecule has 28 heavy (non-hydrogen) atoms. The van der Waals surface area contributed by atoms with Crippen molar-refractivity contribution < 1.29 is 23.5 Å². The Labute approximate surface area is 172 Å². The maximum atomic E-state index is 13.5. The van der Waals surface area contributed by atoms with Crippen molar-refractivity contribution in [3.05, 3.63) is 28.5 Å². The lowest BCUT2D eigenvalue weighted by Gasteiger charge is -2.51. The third-order valence-electron chi connectivity index (χ3n) is 6.00. The van der Waals surface area contributed by atoms with Crippen LogP contribution in [-0.4, -0.2) is 35.5 Å². The normalized spacial score (nSPS) is 24.0. The Bertz CT molecular complexity index is 763. The maximum absolute atomic E-state index is 13.5. The van der Waals surface area contributed by atoms with Crippen LogP contribution in [0.15, 0.2) is 22.7 Å². The molecule has 2 aliphatic heterocycles. The van der Waals surface area contributed by atoms with Gasteiger partial charge in [-0.05, 0) is 65.6 Å². The number of carbonyl (C=O) groups is 2. The Morgan fingerprint density at radius 2 is 2.04 bits per heavy atom. The van der Waals surface area contributed by atoms with E-state index in [1.807, 2.05) is 4.90 Å². The van der Waals surface area contributed by atoms with Gasteiger partial charge in [-0.15, -0.1) is 0 Å². The first kappa shape index (κ1) is 20.9. The van der Waals surface area contributed by atoms with Crippen LogP contribution >= 0.6 is 15.9 Å². The second-order valence-corrected chi connectivity index (χ2v) is 9.22. The van der Waals surface area contributed by atoms with Gasteiger partial charge in [-0.1, -0.05) is 26.8 Å². The van der Waals surface area contributed by atoms with Crippen LogP contribution in [0.3, 0.4) is 0 Å². The lowest BCUT2D eigenvalue weighted by molar-refractivity contribution is -0.0474. The van der Waals surface area contributed by atoms with Crippen molar-refractivity contribution in [1.29, 1.82) is 0 Å². The summed E-state index contributed by atoms with van der Waals surface area (Å²) in [5.41, 5.74) is -0.0535.